The minimum Gasteiger partial charge on any atom is -0.337 e. The summed E-state index contributed by atoms with van der Waals surface area (Å²) in [6.07, 6.45) is 4.63. The molecule has 0 aliphatic heterocycles. The van der Waals surface area contributed by atoms with Crippen LogP contribution in [0.5, 0.6) is 0 Å². The standard InChI is InChI=1S/C18H15F2N5S/c1-10-22-12-4-3-11(19)17(20)16(12)13(23-10)5-6-15-24-14(9-25(15)2)18-21-7-8-26-18/h3-4,7-9H,5-6H2,1-2H3. The number of fused-ring (bicyclic) bond motifs is 1. The molecule has 0 amide bonds. The molecule has 26 heavy (non-hydrogen) atoms. The molecule has 0 bridgehead atoms. The van der Waals surface area contributed by atoms with Gasteiger partial charge >= 0.3 is 0 Å². The summed E-state index contributed by atoms with van der Waals surface area (Å²) in [6, 6.07) is 2.57. The summed E-state index contributed by atoms with van der Waals surface area (Å²) in [5.41, 5.74) is 1.71. The Bertz CT molecular complexity index is 1090. The van der Waals surface area contributed by atoms with E-state index in [0.717, 1.165) is 22.6 Å². The second-order valence-electron chi connectivity index (χ2n) is 5.96. The lowest BCUT2D eigenvalue weighted by atomic mass is 10.1. The van der Waals surface area contributed by atoms with Crippen LogP contribution < -0.4 is 0 Å². The highest BCUT2D eigenvalue weighted by Crippen LogP contribution is 2.24. The summed E-state index contributed by atoms with van der Waals surface area (Å²) in [5.74, 6) is -0.437. The molecule has 5 nitrogen and oxygen atoms in total. The first kappa shape index (κ1) is 16.7. The molecule has 0 aliphatic rings. The predicted octanol–water partition coefficient (Wildman–Crippen LogP) is 3.86. The van der Waals surface area contributed by atoms with Gasteiger partial charge in [0.1, 0.15) is 22.4 Å². The molecule has 3 aromatic heterocycles. The highest BCUT2D eigenvalue weighted by Gasteiger charge is 2.16. The van der Waals surface area contributed by atoms with Crippen LogP contribution in [0.4, 0.5) is 8.78 Å². The third-order valence-electron chi connectivity index (χ3n) is 4.15. The lowest BCUT2D eigenvalue weighted by Crippen LogP contribution is -2.05. The van der Waals surface area contributed by atoms with E-state index in [-0.39, 0.29) is 5.39 Å². The first-order valence-electron chi connectivity index (χ1n) is 8.06. The first-order valence-corrected chi connectivity index (χ1v) is 8.94. The number of aromatic nitrogens is 5. The van der Waals surface area contributed by atoms with E-state index >= 15 is 0 Å². The predicted molar refractivity (Wildman–Crippen MR) is 95.9 cm³/mol. The van der Waals surface area contributed by atoms with Gasteiger partial charge in [-0.15, -0.1) is 11.3 Å². The number of halogens is 2. The highest BCUT2D eigenvalue weighted by molar-refractivity contribution is 7.13. The maximum absolute atomic E-state index is 14.3. The normalized spacial score (nSPS) is 11.4. The first-order chi connectivity index (χ1) is 12.5. The lowest BCUT2D eigenvalue weighted by Gasteiger charge is -2.08. The molecule has 0 saturated heterocycles. The van der Waals surface area contributed by atoms with Crippen LogP contribution in [-0.4, -0.2) is 24.5 Å². The Balaban J connectivity index is 1.67. The number of hydrogen-bond acceptors (Lipinski definition) is 5. The molecule has 0 saturated carbocycles. The van der Waals surface area contributed by atoms with E-state index in [0.29, 0.717) is 29.9 Å². The second kappa shape index (κ2) is 6.53. The minimum absolute atomic E-state index is 0.143. The van der Waals surface area contributed by atoms with Gasteiger partial charge in [0.25, 0.3) is 0 Å². The zero-order valence-electron chi connectivity index (χ0n) is 14.2. The van der Waals surface area contributed by atoms with E-state index in [4.69, 9.17) is 0 Å². The smallest absolute Gasteiger partial charge is 0.170 e. The molecular weight excluding hydrogens is 356 g/mol. The van der Waals surface area contributed by atoms with Crippen LogP contribution in [-0.2, 0) is 19.9 Å². The summed E-state index contributed by atoms with van der Waals surface area (Å²) in [7, 11) is 1.91. The SMILES string of the molecule is Cc1nc(CCc2nc(-c3nccs3)cn2C)c2c(F)c(F)ccc2n1. The van der Waals surface area contributed by atoms with E-state index in [1.807, 2.05) is 23.2 Å². The van der Waals surface area contributed by atoms with Crippen molar-refractivity contribution in [3.63, 3.8) is 0 Å². The molecule has 0 atom stereocenters. The van der Waals surface area contributed by atoms with Gasteiger partial charge < -0.3 is 4.57 Å². The Labute approximate surface area is 152 Å². The van der Waals surface area contributed by atoms with Crippen LogP contribution in [0.3, 0.4) is 0 Å². The monoisotopic (exact) mass is 371 g/mol. The molecule has 0 radical (unpaired) electrons. The van der Waals surface area contributed by atoms with Gasteiger partial charge in [-0.3, -0.25) is 0 Å². The van der Waals surface area contributed by atoms with Gasteiger partial charge in [-0.1, -0.05) is 0 Å². The zero-order valence-corrected chi connectivity index (χ0v) is 15.0. The van der Waals surface area contributed by atoms with Crippen molar-refractivity contribution >= 4 is 22.2 Å². The summed E-state index contributed by atoms with van der Waals surface area (Å²) >= 11 is 1.52. The van der Waals surface area contributed by atoms with Crippen LogP contribution in [0.1, 0.15) is 17.3 Å². The van der Waals surface area contributed by atoms with Crippen molar-refractivity contribution in [3.05, 3.63) is 58.9 Å². The summed E-state index contributed by atoms with van der Waals surface area (Å²) in [6.45, 7) is 1.74. The zero-order chi connectivity index (χ0) is 18.3. The average Bonchev–Trinajstić information content (AvgIpc) is 3.25. The van der Waals surface area contributed by atoms with Gasteiger partial charge in [-0.05, 0) is 25.5 Å². The Morgan fingerprint density at radius 1 is 1.12 bits per heavy atom. The summed E-state index contributed by atoms with van der Waals surface area (Å²) in [5, 5.41) is 2.89. The fourth-order valence-electron chi connectivity index (χ4n) is 2.96. The second-order valence-corrected chi connectivity index (χ2v) is 6.86. The van der Waals surface area contributed by atoms with Crippen molar-refractivity contribution in [2.45, 2.75) is 19.8 Å². The van der Waals surface area contributed by atoms with Gasteiger partial charge in [0.2, 0.25) is 0 Å². The van der Waals surface area contributed by atoms with E-state index in [1.165, 1.54) is 17.4 Å². The Morgan fingerprint density at radius 3 is 2.73 bits per heavy atom. The minimum atomic E-state index is -0.902. The summed E-state index contributed by atoms with van der Waals surface area (Å²) in [4.78, 5) is 17.4. The third-order valence-corrected chi connectivity index (χ3v) is 4.95. The maximum atomic E-state index is 14.3. The molecule has 1 aromatic carbocycles. The van der Waals surface area contributed by atoms with Crippen molar-refractivity contribution in [2.24, 2.45) is 7.05 Å². The van der Waals surface area contributed by atoms with E-state index < -0.39 is 11.6 Å². The van der Waals surface area contributed by atoms with Gasteiger partial charge in [0.15, 0.2) is 11.6 Å². The number of thiazole rings is 1. The molecule has 8 heteroatoms. The molecule has 0 N–H and O–H groups in total. The molecule has 4 aromatic rings. The van der Waals surface area contributed by atoms with E-state index in [9.17, 15) is 8.78 Å². The molecule has 0 fully saturated rings. The number of hydrogen-bond donors (Lipinski definition) is 0. The van der Waals surface area contributed by atoms with Crippen LogP contribution in [0, 0.1) is 18.6 Å². The largest absolute Gasteiger partial charge is 0.337 e. The quantitative estimate of drug-likeness (QED) is 0.547. The Morgan fingerprint density at radius 2 is 1.96 bits per heavy atom. The number of imidazole rings is 1. The van der Waals surface area contributed by atoms with Gasteiger partial charge in [-0.2, -0.15) is 0 Å². The highest BCUT2D eigenvalue weighted by atomic mass is 32.1. The van der Waals surface area contributed by atoms with Crippen molar-refractivity contribution in [3.8, 4) is 10.7 Å². The van der Waals surface area contributed by atoms with Crippen LogP contribution >= 0.6 is 11.3 Å². The Hall–Kier alpha value is -2.74. The van der Waals surface area contributed by atoms with Gasteiger partial charge in [0, 0.05) is 31.2 Å². The fraction of sp³-hybridized carbons (Fsp3) is 0.222. The molecule has 3 heterocycles. The third kappa shape index (κ3) is 2.96. The molecule has 132 valence electrons. The molecule has 0 aliphatic carbocycles. The van der Waals surface area contributed by atoms with Crippen molar-refractivity contribution in [1.29, 1.82) is 0 Å². The Kier molecular flexibility index (Phi) is 4.20. The summed E-state index contributed by atoms with van der Waals surface area (Å²) < 4.78 is 29.9. The number of rotatable bonds is 4. The van der Waals surface area contributed by atoms with E-state index in [1.54, 1.807) is 13.1 Å². The average molecular weight is 371 g/mol. The number of aryl methyl sites for hydroxylation is 4. The lowest BCUT2D eigenvalue weighted by molar-refractivity contribution is 0.515. The van der Waals surface area contributed by atoms with Crippen LogP contribution in [0.25, 0.3) is 21.6 Å². The number of benzene rings is 1. The van der Waals surface area contributed by atoms with Gasteiger partial charge in [-0.25, -0.2) is 28.7 Å². The molecule has 4 rings (SSSR count). The number of nitrogens with zero attached hydrogens (tertiary/aromatic N) is 5. The molecule has 0 unspecified atom stereocenters. The van der Waals surface area contributed by atoms with Crippen molar-refractivity contribution in [2.75, 3.05) is 0 Å². The van der Waals surface area contributed by atoms with Crippen LogP contribution in [0.15, 0.2) is 29.9 Å². The van der Waals surface area contributed by atoms with E-state index in [2.05, 4.69) is 19.9 Å². The van der Waals surface area contributed by atoms with Crippen LogP contribution in [0.2, 0.25) is 0 Å². The van der Waals surface area contributed by atoms with Crippen molar-refractivity contribution < 1.29 is 8.78 Å². The topological polar surface area (TPSA) is 56.5 Å². The maximum Gasteiger partial charge on any atom is 0.170 e. The molecular formula is C18H15F2N5S. The van der Waals surface area contributed by atoms with Crippen molar-refractivity contribution in [1.82, 2.24) is 24.5 Å². The molecule has 0 spiro atoms. The fourth-order valence-corrected chi connectivity index (χ4v) is 3.55. The van der Waals surface area contributed by atoms with Gasteiger partial charge in [0.05, 0.1) is 16.6 Å².